The molecule has 3 aromatic carbocycles. The number of hydrogen-bond donors (Lipinski definition) is 0. The van der Waals surface area contributed by atoms with Crippen LogP contribution in [0.25, 0.3) is 0 Å². The molecular formula is C40H52N2O6. The normalized spacial score (nSPS) is 16.1. The van der Waals surface area contributed by atoms with Gasteiger partial charge in [-0.3, -0.25) is 4.79 Å². The van der Waals surface area contributed by atoms with Gasteiger partial charge in [0.05, 0.1) is 30.4 Å². The summed E-state index contributed by atoms with van der Waals surface area (Å²) in [5, 5.41) is 8.92. The molecule has 0 aromatic heterocycles. The van der Waals surface area contributed by atoms with E-state index in [1.165, 1.54) is 25.7 Å². The molecule has 258 valence electrons. The van der Waals surface area contributed by atoms with Crippen LogP contribution in [0.4, 0.5) is 11.4 Å². The molecule has 1 aliphatic rings. The third kappa shape index (κ3) is 11.2. The molecule has 0 atom stereocenters. The maximum Gasteiger partial charge on any atom is 0.343 e. The zero-order valence-electron chi connectivity index (χ0n) is 29.2. The summed E-state index contributed by atoms with van der Waals surface area (Å²) >= 11 is 0. The van der Waals surface area contributed by atoms with Crippen molar-refractivity contribution in [3.05, 3.63) is 71.8 Å². The number of carbonyl (C=O) groups is 2. The van der Waals surface area contributed by atoms with E-state index < -0.39 is 5.97 Å². The summed E-state index contributed by atoms with van der Waals surface area (Å²) in [6.07, 6.45) is 13.4. The Morgan fingerprint density at radius 2 is 1.40 bits per heavy atom. The van der Waals surface area contributed by atoms with Crippen LogP contribution in [0.15, 0.2) is 70.9 Å². The van der Waals surface area contributed by atoms with Crippen molar-refractivity contribution in [2.24, 2.45) is 22.1 Å². The highest BCUT2D eigenvalue weighted by molar-refractivity contribution is 5.91. The topological polar surface area (TPSA) is 95.8 Å². The number of rotatable bonds is 18. The van der Waals surface area contributed by atoms with Crippen molar-refractivity contribution in [1.82, 2.24) is 0 Å². The zero-order valence-corrected chi connectivity index (χ0v) is 29.2. The number of esters is 2. The van der Waals surface area contributed by atoms with E-state index in [1.807, 2.05) is 13.8 Å². The number of nitrogens with zero attached hydrogens (tertiary/aromatic N) is 2. The summed E-state index contributed by atoms with van der Waals surface area (Å²) in [7, 11) is 0. The van der Waals surface area contributed by atoms with Crippen molar-refractivity contribution >= 4 is 23.3 Å². The molecule has 0 aliphatic heterocycles. The van der Waals surface area contributed by atoms with Gasteiger partial charge in [-0.05, 0) is 113 Å². The predicted molar refractivity (Wildman–Crippen MR) is 189 cm³/mol. The monoisotopic (exact) mass is 656 g/mol. The average molecular weight is 657 g/mol. The maximum absolute atomic E-state index is 12.9. The van der Waals surface area contributed by atoms with Crippen molar-refractivity contribution in [2.75, 3.05) is 13.2 Å². The van der Waals surface area contributed by atoms with Crippen molar-refractivity contribution in [3.63, 3.8) is 0 Å². The van der Waals surface area contributed by atoms with Gasteiger partial charge in [-0.1, -0.05) is 58.8 Å². The summed E-state index contributed by atoms with van der Waals surface area (Å²) in [5.41, 5.74) is 2.23. The summed E-state index contributed by atoms with van der Waals surface area (Å²) in [6, 6.07) is 17.4. The van der Waals surface area contributed by atoms with Gasteiger partial charge in [0.15, 0.2) is 5.75 Å². The second-order valence-corrected chi connectivity index (χ2v) is 12.6. The van der Waals surface area contributed by atoms with Crippen LogP contribution in [-0.4, -0.2) is 25.2 Å². The Kier molecular flexibility index (Phi) is 14.9. The van der Waals surface area contributed by atoms with Gasteiger partial charge >= 0.3 is 11.9 Å². The van der Waals surface area contributed by atoms with Crippen molar-refractivity contribution < 1.29 is 28.5 Å². The molecule has 1 aliphatic carbocycles. The van der Waals surface area contributed by atoms with Gasteiger partial charge in [-0.15, -0.1) is 5.11 Å². The van der Waals surface area contributed by atoms with E-state index in [9.17, 15) is 9.59 Å². The third-order valence-corrected chi connectivity index (χ3v) is 8.91. The van der Waals surface area contributed by atoms with Gasteiger partial charge < -0.3 is 18.9 Å². The first-order valence-electron chi connectivity index (χ1n) is 17.9. The molecular weight excluding hydrogens is 604 g/mol. The summed E-state index contributed by atoms with van der Waals surface area (Å²) in [4.78, 5) is 25.8. The SMILES string of the molecule is CCCCCCOc1c(N=Nc2ccc(OC(=O)C3CCC(CCCCC)CC3)cc2)ccc(OC(=O)c2ccc(OCC)cc2)c1C. The number of unbranched alkanes of at least 4 members (excludes halogenated alkanes) is 5. The Bertz CT molecular complexity index is 1460. The van der Waals surface area contributed by atoms with Crippen LogP contribution in [0, 0.1) is 18.8 Å². The van der Waals surface area contributed by atoms with Crippen LogP contribution >= 0.6 is 0 Å². The molecule has 0 bridgehead atoms. The van der Waals surface area contributed by atoms with Crippen molar-refractivity contribution in [1.29, 1.82) is 0 Å². The van der Waals surface area contributed by atoms with Gasteiger partial charge in [-0.2, -0.15) is 5.11 Å². The molecule has 4 rings (SSSR count). The lowest BCUT2D eigenvalue weighted by Gasteiger charge is -2.27. The number of ether oxygens (including phenoxy) is 4. The minimum atomic E-state index is -0.472. The first kappa shape index (κ1) is 36.6. The van der Waals surface area contributed by atoms with E-state index in [-0.39, 0.29) is 11.9 Å². The highest BCUT2D eigenvalue weighted by Crippen LogP contribution is 2.39. The van der Waals surface area contributed by atoms with Crippen LogP contribution < -0.4 is 18.9 Å². The average Bonchev–Trinajstić information content (AvgIpc) is 3.10. The molecule has 48 heavy (non-hydrogen) atoms. The molecule has 0 spiro atoms. The molecule has 0 N–H and O–H groups in total. The minimum Gasteiger partial charge on any atom is -0.494 e. The van der Waals surface area contributed by atoms with Crippen LogP contribution in [0.3, 0.4) is 0 Å². The van der Waals surface area contributed by atoms with Gasteiger partial charge in [0.2, 0.25) is 0 Å². The van der Waals surface area contributed by atoms with Crippen LogP contribution in [0.2, 0.25) is 0 Å². The van der Waals surface area contributed by atoms with E-state index in [1.54, 1.807) is 60.7 Å². The smallest absolute Gasteiger partial charge is 0.343 e. The number of benzene rings is 3. The minimum absolute atomic E-state index is 0.0291. The fourth-order valence-electron chi connectivity index (χ4n) is 6.01. The molecule has 0 amide bonds. The molecule has 0 unspecified atom stereocenters. The highest BCUT2D eigenvalue weighted by Gasteiger charge is 2.27. The number of hydrogen-bond acceptors (Lipinski definition) is 8. The number of carbonyl (C=O) groups excluding carboxylic acids is 2. The maximum atomic E-state index is 12.9. The van der Waals surface area contributed by atoms with E-state index in [0.29, 0.717) is 58.7 Å². The standard InChI is InChI=1S/C40H52N2O6/c1-5-8-10-12-28-46-38-29(4)37(48-40(44)32-18-22-34(23-19-32)45-7-3)27-26-36(38)42-41-33-20-24-35(25-21-33)47-39(43)31-16-14-30(15-17-31)13-11-9-6-2/h18-27,30-31H,5-17,28H2,1-4H3. The Morgan fingerprint density at radius 1 is 0.708 bits per heavy atom. The molecule has 1 fully saturated rings. The van der Waals surface area contributed by atoms with Gasteiger partial charge in [0.25, 0.3) is 0 Å². The first-order chi connectivity index (χ1) is 23.4. The fourth-order valence-corrected chi connectivity index (χ4v) is 6.01. The first-order valence-corrected chi connectivity index (χ1v) is 17.9. The van der Waals surface area contributed by atoms with E-state index in [0.717, 1.165) is 57.3 Å². The van der Waals surface area contributed by atoms with E-state index in [2.05, 4.69) is 24.1 Å². The Balaban J connectivity index is 1.39. The number of azo groups is 1. The molecule has 0 heterocycles. The van der Waals surface area contributed by atoms with Crippen LogP contribution in [0.1, 0.15) is 114 Å². The molecule has 0 saturated heterocycles. The fraction of sp³-hybridized carbons (Fsp3) is 0.500. The summed E-state index contributed by atoms with van der Waals surface area (Å²) in [6.45, 7) is 9.23. The third-order valence-electron chi connectivity index (χ3n) is 8.91. The quantitative estimate of drug-likeness (QED) is 0.0585. The lowest BCUT2D eigenvalue weighted by molar-refractivity contribution is -0.140. The predicted octanol–water partition coefficient (Wildman–Crippen LogP) is 11.3. The Labute approximate surface area is 286 Å². The molecule has 1 saturated carbocycles. The van der Waals surface area contributed by atoms with Gasteiger partial charge in [0.1, 0.15) is 22.9 Å². The molecule has 8 nitrogen and oxygen atoms in total. The van der Waals surface area contributed by atoms with Crippen LogP contribution in [-0.2, 0) is 4.79 Å². The van der Waals surface area contributed by atoms with Gasteiger partial charge in [0, 0.05) is 5.56 Å². The Morgan fingerprint density at radius 3 is 2.08 bits per heavy atom. The van der Waals surface area contributed by atoms with Gasteiger partial charge in [-0.25, -0.2) is 4.79 Å². The summed E-state index contributed by atoms with van der Waals surface area (Å²) < 4.78 is 23.2. The Hall–Kier alpha value is -4.20. The molecule has 3 aromatic rings. The highest BCUT2D eigenvalue weighted by atomic mass is 16.5. The largest absolute Gasteiger partial charge is 0.494 e. The lowest BCUT2D eigenvalue weighted by Crippen LogP contribution is -2.25. The summed E-state index contributed by atoms with van der Waals surface area (Å²) in [5.74, 6) is 2.23. The second-order valence-electron chi connectivity index (χ2n) is 12.6. The van der Waals surface area contributed by atoms with E-state index >= 15 is 0 Å². The van der Waals surface area contributed by atoms with Crippen molar-refractivity contribution in [2.45, 2.75) is 105 Å². The molecule has 8 heteroatoms. The zero-order chi connectivity index (χ0) is 34.1. The molecule has 0 radical (unpaired) electrons. The van der Waals surface area contributed by atoms with Crippen molar-refractivity contribution in [3.8, 4) is 23.0 Å². The van der Waals surface area contributed by atoms with Crippen LogP contribution in [0.5, 0.6) is 23.0 Å². The second kappa shape index (κ2) is 19.6. The lowest BCUT2D eigenvalue weighted by atomic mass is 9.80. The van der Waals surface area contributed by atoms with E-state index in [4.69, 9.17) is 18.9 Å².